The Kier molecular flexibility index (Phi) is 5.29. The Balaban J connectivity index is 1.43. The van der Waals surface area contributed by atoms with E-state index in [1.54, 1.807) is 32.4 Å². The van der Waals surface area contributed by atoms with Crippen molar-refractivity contribution < 1.29 is 9.18 Å². The Labute approximate surface area is 193 Å². The van der Waals surface area contributed by atoms with Crippen LogP contribution < -0.4 is 16.0 Å². The number of fused-ring (bicyclic) bond motifs is 1. The molecule has 1 amide bonds. The van der Waals surface area contributed by atoms with Crippen LogP contribution in [0.4, 0.5) is 15.9 Å². The summed E-state index contributed by atoms with van der Waals surface area (Å²) >= 11 is 0. The molecule has 0 radical (unpaired) electrons. The van der Waals surface area contributed by atoms with E-state index in [2.05, 4.69) is 25.7 Å². The molecule has 5 heterocycles. The standard InChI is InChI=1S/C22H21FN10O/c1-31-18(4-6-26-31)13-8-19-21(15(22(25)34)10-27-33(19)11-13)28-17-5-7-32(12-16(17)23)20-3-2-14(9-24)29-30-20/h2-4,6,8,10-11,16-17,28H,5,7,12H2,1H3,(H2,25,34)/t16-,17-/m1/s1. The summed E-state index contributed by atoms with van der Waals surface area (Å²) in [5.74, 6) is -0.141. The summed E-state index contributed by atoms with van der Waals surface area (Å²) in [5.41, 5.74) is 8.78. The first-order valence-corrected chi connectivity index (χ1v) is 10.6. The zero-order chi connectivity index (χ0) is 23.8. The van der Waals surface area contributed by atoms with Crippen LogP contribution in [0, 0.1) is 11.3 Å². The van der Waals surface area contributed by atoms with Crippen molar-refractivity contribution in [2.75, 3.05) is 23.3 Å². The van der Waals surface area contributed by atoms with Gasteiger partial charge in [0, 0.05) is 31.5 Å². The second-order valence-corrected chi connectivity index (χ2v) is 8.09. The maximum absolute atomic E-state index is 15.3. The van der Waals surface area contributed by atoms with Gasteiger partial charge in [0.05, 0.1) is 41.2 Å². The highest BCUT2D eigenvalue weighted by atomic mass is 19.1. The summed E-state index contributed by atoms with van der Waals surface area (Å²) in [7, 11) is 1.83. The highest BCUT2D eigenvalue weighted by molar-refractivity contribution is 6.02. The van der Waals surface area contributed by atoms with E-state index in [-0.39, 0.29) is 17.8 Å². The van der Waals surface area contributed by atoms with Crippen molar-refractivity contribution in [2.45, 2.75) is 18.6 Å². The summed E-state index contributed by atoms with van der Waals surface area (Å²) < 4.78 is 18.6. The van der Waals surface area contributed by atoms with E-state index in [0.717, 1.165) is 11.3 Å². The number of hydrogen-bond donors (Lipinski definition) is 2. The molecule has 0 spiro atoms. The number of primary amides is 1. The molecule has 1 aliphatic rings. The van der Waals surface area contributed by atoms with Gasteiger partial charge in [-0.1, -0.05) is 0 Å². The minimum atomic E-state index is -1.26. The van der Waals surface area contributed by atoms with Crippen molar-refractivity contribution in [3.63, 3.8) is 0 Å². The minimum absolute atomic E-state index is 0.0901. The fourth-order valence-corrected chi connectivity index (χ4v) is 4.21. The van der Waals surface area contributed by atoms with Gasteiger partial charge in [0.25, 0.3) is 5.91 Å². The Morgan fingerprint density at radius 3 is 2.79 bits per heavy atom. The topological polar surface area (TPSA) is 143 Å². The van der Waals surface area contributed by atoms with E-state index in [0.29, 0.717) is 30.0 Å². The third-order valence-electron chi connectivity index (χ3n) is 5.98. The van der Waals surface area contributed by atoms with Crippen LogP contribution in [0.3, 0.4) is 0 Å². The number of aromatic nitrogens is 6. The van der Waals surface area contributed by atoms with Crippen LogP contribution in [-0.4, -0.2) is 60.8 Å². The predicted molar refractivity (Wildman–Crippen MR) is 122 cm³/mol. The second kappa shape index (κ2) is 8.43. The van der Waals surface area contributed by atoms with Gasteiger partial charge in [0.15, 0.2) is 11.5 Å². The van der Waals surface area contributed by atoms with Crippen LogP contribution in [0.1, 0.15) is 22.5 Å². The molecule has 1 fully saturated rings. The first-order chi connectivity index (χ1) is 16.4. The summed E-state index contributed by atoms with van der Waals surface area (Å²) in [6.45, 7) is 0.611. The first-order valence-electron chi connectivity index (χ1n) is 10.6. The van der Waals surface area contributed by atoms with Gasteiger partial charge in [0.1, 0.15) is 12.2 Å². The van der Waals surface area contributed by atoms with Gasteiger partial charge in [-0.15, -0.1) is 10.2 Å². The van der Waals surface area contributed by atoms with Crippen molar-refractivity contribution in [2.24, 2.45) is 12.8 Å². The van der Waals surface area contributed by atoms with E-state index in [1.165, 1.54) is 6.20 Å². The van der Waals surface area contributed by atoms with Gasteiger partial charge in [0.2, 0.25) is 0 Å². The molecule has 0 saturated carbocycles. The molecule has 172 valence electrons. The zero-order valence-corrected chi connectivity index (χ0v) is 18.3. The number of nitrogens with zero attached hydrogens (tertiary/aromatic N) is 8. The SMILES string of the molecule is Cn1nccc1-c1cc2c(N[C@@H]3CCN(c4ccc(C#N)nn4)C[C@H]3F)c(C(N)=O)cnn2c1. The number of nitriles is 1. The minimum Gasteiger partial charge on any atom is -0.377 e. The molecule has 5 rings (SSSR count). The number of nitrogens with one attached hydrogen (secondary N) is 1. The van der Waals surface area contributed by atoms with Gasteiger partial charge in [-0.2, -0.15) is 15.5 Å². The lowest BCUT2D eigenvalue weighted by molar-refractivity contribution is 0.100. The number of alkyl halides is 1. The third kappa shape index (κ3) is 3.77. The lowest BCUT2D eigenvalue weighted by Gasteiger charge is -2.36. The van der Waals surface area contributed by atoms with Gasteiger partial charge < -0.3 is 16.0 Å². The normalized spacial score (nSPS) is 18.1. The van der Waals surface area contributed by atoms with Crippen molar-refractivity contribution >= 4 is 22.9 Å². The smallest absolute Gasteiger partial charge is 0.252 e. The molecule has 3 N–H and O–H groups in total. The number of nitrogens with two attached hydrogens (primary N) is 1. The lowest BCUT2D eigenvalue weighted by atomic mass is 10.0. The largest absolute Gasteiger partial charge is 0.377 e. The Hall–Kier alpha value is -4.53. The molecular weight excluding hydrogens is 439 g/mol. The van der Waals surface area contributed by atoms with Crippen molar-refractivity contribution in [3.05, 3.63) is 54.1 Å². The number of rotatable bonds is 5. The molecule has 0 aliphatic carbocycles. The molecule has 0 aromatic carbocycles. The van der Waals surface area contributed by atoms with E-state index in [1.807, 2.05) is 31.4 Å². The van der Waals surface area contributed by atoms with Crippen LogP contribution in [0.25, 0.3) is 16.8 Å². The summed E-state index contributed by atoms with van der Waals surface area (Å²) in [5, 5.41) is 28.4. The zero-order valence-electron chi connectivity index (χ0n) is 18.3. The number of aryl methyl sites for hydroxylation is 1. The second-order valence-electron chi connectivity index (χ2n) is 8.09. The number of carbonyl (C=O) groups excluding carboxylic acids is 1. The van der Waals surface area contributed by atoms with E-state index < -0.39 is 18.1 Å². The quantitative estimate of drug-likeness (QED) is 0.456. The number of halogens is 1. The number of hydrogen-bond acceptors (Lipinski definition) is 8. The molecule has 1 aliphatic heterocycles. The molecule has 0 bridgehead atoms. The van der Waals surface area contributed by atoms with Crippen LogP contribution in [-0.2, 0) is 7.05 Å². The molecule has 2 atom stereocenters. The number of amides is 1. The highest BCUT2D eigenvalue weighted by Gasteiger charge is 2.31. The molecule has 11 nitrogen and oxygen atoms in total. The van der Waals surface area contributed by atoms with E-state index >= 15 is 4.39 Å². The van der Waals surface area contributed by atoms with Gasteiger partial charge >= 0.3 is 0 Å². The Morgan fingerprint density at radius 1 is 1.29 bits per heavy atom. The number of piperidine rings is 1. The molecule has 4 aromatic heterocycles. The van der Waals surface area contributed by atoms with E-state index in [4.69, 9.17) is 11.0 Å². The molecule has 12 heteroatoms. The number of anilines is 2. The fraction of sp³-hybridized carbons (Fsp3) is 0.273. The monoisotopic (exact) mass is 460 g/mol. The van der Waals surface area contributed by atoms with Gasteiger partial charge in [-0.3, -0.25) is 9.48 Å². The van der Waals surface area contributed by atoms with Crippen LogP contribution >= 0.6 is 0 Å². The summed E-state index contributed by atoms with van der Waals surface area (Å²) in [4.78, 5) is 13.9. The van der Waals surface area contributed by atoms with Gasteiger partial charge in [-0.05, 0) is 30.7 Å². The Bertz CT molecular complexity index is 1400. The maximum atomic E-state index is 15.3. The molecule has 4 aromatic rings. The Morgan fingerprint density at radius 2 is 2.15 bits per heavy atom. The average Bonchev–Trinajstić information content (AvgIpc) is 3.46. The van der Waals surface area contributed by atoms with Crippen LogP contribution in [0.2, 0.25) is 0 Å². The van der Waals surface area contributed by atoms with Crippen molar-refractivity contribution in [1.82, 2.24) is 29.6 Å². The summed E-state index contributed by atoms with van der Waals surface area (Å²) in [6, 6.07) is 8.31. The molecule has 0 unspecified atom stereocenters. The maximum Gasteiger partial charge on any atom is 0.252 e. The average molecular weight is 460 g/mol. The fourth-order valence-electron chi connectivity index (χ4n) is 4.21. The summed E-state index contributed by atoms with van der Waals surface area (Å²) in [6.07, 6.45) is 4.09. The first kappa shape index (κ1) is 21.3. The molecular formula is C22H21FN10O. The van der Waals surface area contributed by atoms with E-state index in [9.17, 15) is 4.79 Å². The van der Waals surface area contributed by atoms with Crippen LogP contribution in [0.15, 0.2) is 42.9 Å². The van der Waals surface area contributed by atoms with Gasteiger partial charge in [-0.25, -0.2) is 8.91 Å². The van der Waals surface area contributed by atoms with Crippen molar-refractivity contribution in [1.29, 1.82) is 5.26 Å². The third-order valence-corrected chi connectivity index (χ3v) is 5.98. The highest BCUT2D eigenvalue weighted by Crippen LogP contribution is 2.30. The molecule has 1 saturated heterocycles. The lowest BCUT2D eigenvalue weighted by Crippen LogP contribution is -2.48. The predicted octanol–water partition coefficient (Wildman–Crippen LogP) is 1.52. The molecule has 34 heavy (non-hydrogen) atoms. The van der Waals surface area contributed by atoms with Crippen LogP contribution in [0.5, 0.6) is 0 Å². The van der Waals surface area contributed by atoms with Crippen molar-refractivity contribution in [3.8, 4) is 17.3 Å². The number of carbonyl (C=O) groups is 1.